The molecule has 0 atom stereocenters. The van der Waals surface area contributed by atoms with Crippen molar-refractivity contribution < 1.29 is 9.59 Å². The summed E-state index contributed by atoms with van der Waals surface area (Å²) in [5.41, 5.74) is 5.76. The molecule has 0 spiro atoms. The van der Waals surface area contributed by atoms with E-state index in [0.29, 0.717) is 5.69 Å². The van der Waals surface area contributed by atoms with Crippen LogP contribution in [0.15, 0.2) is 47.3 Å². The predicted octanol–water partition coefficient (Wildman–Crippen LogP) is 0.105. The minimum absolute atomic E-state index is 0.373. The van der Waals surface area contributed by atoms with E-state index in [1.165, 1.54) is 6.07 Å². The number of aromatic nitrogens is 2. The molecule has 0 unspecified atom stereocenters. The molecule has 0 saturated carbocycles. The van der Waals surface area contributed by atoms with Crippen molar-refractivity contribution in [3.05, 3.63) is 52.8 Å². The summed E-state index contributed by atoms with van der Waals surface area (Å²) in [7, 11) is 0. The van der Waals surface area contributed by atoms with Crippen LogP contribution in [0, 0.1) is 0 Å². The minimum Gasteiger partial charge on any atom is -0.351 e. The summed E-state index contributed by atoms with van der Waals surface area (Å²) in [6.07, 6.45) is 0. The van der Waals surface area contributed by atoms with Gasteiger partial charge in [-0.2, -0.15) is 5.10 Å². The molecule has 0 fully saturated rings. The van der Waals surface area contributed by atoms with Crippen LogP contribution in [0.5, 0.6) is 0 Å². The Morgan fingerprint density at radius 2 is 1.85 bits per heavy atom. The highest BCUT2D eigenvalue weighted by Crippen LogP contribution is 2.13. The maximum Gasteiger partial charge on any atom is 0.318 e. The lowest BCUT2D eigenvalue weighted by atomic mass is 10.1. The highest BCUT2D eigenvalue weighted by atomic mass is 16.2. The van der Waals surface area contributed by atoms with Gasteiger partial charge in [0.25, 0.3) is 5.56 Å². The topological polar surface area (TPSA) is 107 Å². The van der Waals surface area contributed by atoms with Gasteiger partial charge in [-0.05, 0) is 6.07 Å². The third-order valence-corrected chi connectivity index (χ3v) is 2.49. The Bertz CT molecular complexity index is 694. The van der Waals surface area contributed by atoms with Crippen LogP contribution in [-0.2, 0) is 11.3 Å². The van der Waals surface area contributed by atoms with Crippen molar-refractivity contribution in [1.82, 2.24) is 15.1 Å². The second kappa shape index (κ2) is 5.79. The Balaban J connectivity index is 2.28. The van der Waals surface area contributed by atoms with Gasteiger partial charge in [-0.1, -0.05) is 30.3 Å². The number of benzene rings is 1. The van der Waals surface area contributed by atoms with Crippen LogP contribution in [0.3, 0.4) is 0 Å². The molecule has 0 aliphatic rings. The molecular weight excluding hydrogens is 260 g/mol. The van der Waals surface area contributed by atoms with Gasteiger partial charge in [0.2, 0.25) is 5.91 Å². The lowest BCUT2D eigenvalue weighted by Gasteiger charge is -2.06. The fourth-order valence-electron chi connectivity index (χ4n) is 1.64. The highest BCUT2D eigenvalue weighted by Gasteiger charge is 2.09. The van der Waals surface area contributed by atoms with Gasteiger partial charge in [-0.25, -0.2) is 9.48 Å². The standard InChI is InChI=1S/C13H12N4O3/c14-13(20)15-11(18)8-17-12(19)7-6-10(16-17)9-4-2-1-3-5-9/h1-7H,8H2,(H3,14,15,18,20). The van der Waals surface area contributed by atoms with Crippen molar-refractivity contribution in [3.63, 3.8) is 0 Å². The number of nitrogens with zero attached hydrogens (tertiary/aromatic N) is 2. The van der Waals surface area contributed by atoms with Crippen LogP contribution in [0.2, 0.25) is 0 Å². The zero-order valence-corrected chi connectivity index (χ0v) is 10.4. The average Bonchev–Trinajstić information content (AvgIpc) is 2.41. The van der Waals surface area contributed by atoms with Crippen molar-refractivity contribution in [2.75, 3.05) is 0 Å². The molecule has 2 aromatic rings. The number of imide groups is 1. The molecule has 0 aliphatic carbocycles. The van der Waals surface area contributed by atoms with Gasteiger partial charge in [-0.15, -0.1) is 0 Å². The Morgan fingerprint density at radius 3 is 2.50 bits per heavy atom. The smallest absolute Gasteiger partial charge is 0.318 e. The maximum atomic E-state index is 11.6. The molecule has 20 heavy (non-hydrogen) atoms. The van der Waals surface area contributed by atoms with E-state index in [4.69, 9.17) is 5.73 Å². The monoisotopic (exact) mass is 272 g/mol. The summed E-state index contributed by atoms with van der Waals surface area (Å²) in [5.74, 6) is -0.697. The molecule has 7 nitrogen and oxygen atoms in total. The van der Waals surface area contributed by atoms with E-state index in [-0.39, 0.29) is 6.54 Å². The van der Waals surface area contributed by atoms with Crippen molar-refractivity contribution in [1.29, 1.82) is 0 Å². The Kier molecular flexibility index (Phi) is 3.90. The van der Waals surface area contributed by atoms with Crippen LogP contribution in [0.4, 0.5) is 4.79 Å². The number of carbonyl (C=O) groups excluding carboxylic acids is 2. The first-order chi connectivity index (χ1) is 9.56. The van der Waals surface area contributed by atoms with Crippen LogP contribution < -0.4 is 16.6 Å². The van der Waals surface area contributed by atoms with E-state index in [2.05, 4.69) is 5.10 Å². The lowest BCUT2D eigenvalue weighted by Crippen LogP contribution is -2.39. The SMILES string of the molecule is NC(=O)NC(=O)Cn1nc(-c2ccccc2)ccc1=O. The zero-order valence-electron chi connectivity index (χ0n) is 10.4. The number of hydrogen-bond donors (Lipinski definition) is 2. The van der Waals surface area contributed by atoms with E-state index in [0.717, 1.165) is 10.2 Å². The van der Waals surface area contributed by atoms with Gasteiger partial charge in [-0.3, -0.25) is 14.9 Å². The molecule has 0 saturated heterocycles. The fraction of sp³-hybridized carbons (Fsp3) is 0.0769. The van der Waals surface area contributed by atoms with Gasteiger partial charge >= 0.3 is 6.03 Å². The van der Waals surface area contributed by atoms with Crippen molar-refractivity contribution in [3.8, 4) is 11.3 Å². The van der Waals surface area contributed by atoms with E-state index < -0.39 is 17.5 Å². The molecule has 1 heterocycles. The first kappa shape index (κ1) is 13.5. The normalized spacial score (nSPS) is 10.0. The van der Waals surface area contributed by atoms with E-state index in [9.17, 15) is 14.4 Å². The van der Waals surface area contributed by atoms with E-state index in [1.807, 2.05) is 35.6 Å². The van der Waals surface area contributed by atoms with Crippen molar-refractivity contribution in [2.45, 2.75) is 6.54 Å². The number of carbonyl (C=O) groups is 2. The molecule has 0 aliphatic heterocycles. The largest absolute Gasteiger partial charge is 0.351 e. The molecule has 0 bridgehead atoms. The number of hydrogen-bond acceptors (Lipinski definition) is 4. The number of urea groups is 1. The first-order valence-electron chi connectivity index (χ1n) is 5.79. The second-order valence-corrected chi connectivity index (χ2v) is 3.99. The summed E-state index contributed by atoms with van der Waals surface area (Å²) in [6, 6.07) is 11.1. The summed E-state index contributed by atoms with van der Waals surface area (Å²) in [6.45, 7) is -0.373. The minimum atomic E-state index is -0.970. The van der Waals surface area contributed by atoms with E-state index in [1.54, 1.807) is 6.07 Å². The third kappa shape index (κ3) is 3.29. The van der Waals surface area contributed by atoms with E-state index >= 15 is 0 Å². The number of nitrogens with two attached hydrogens (primary N) is 1. The molecular formula is C13H12N4O3. The molecule has 1 aromatic heterocycles. The van der Waals surface area contributed by atoms with Crippen LogP contribution >= 0.6 is 0 Å². The molecule has 7 heteroatoms. The number of rotatable bonds is 3. The lowest BCUT2D eigenvalue weighted by molar-refractivity contribution is -0.120. The number of amides is 3. The van der Waals surface area contributed by atoms with Gasteiger partial charge < -0.3 is 5.73 Å². The van der Waals surface area contributed by atoms with Gasteiger partial charge in [0.1, 0.15) is 6.54 Å². The molecule has 1 aromatic carbocycles. The molecule has 102 valence electrons. The van der Waals surface area contributed by atoms with Gasteiger partial charge in [0, 0.05) is 11.6 Å². The summed E-state index contributed by atoms with van der Waals surface area (Å²) in [4.78, 5) is 33.6. The average molecular weight is 272 g/mol. The van der Waals surface area contributed by atoms with Crippen molar-refractivity contribution in [2.24, 2.45) is 5.73 Å². The molecule has 3 N–H and O–H groups in total. The summed E-state index contributed by atoms with van der Waals surface area (Å²) in [5, 5.41) is 5.96. The molecule has 3 amide bonds. The molecule has 0 radical (unpaired) electrons. The molecule has 2 rings (SSSR count). The number of nitrogens with one attached hydrogen (secondary N) is 1. The highest BCUT2D eigenvalue weighted by molar-refractivity contribution is 5.93. The fourth-order valence-corrected chi connectivity index (χ4v) is 1.64. The number of primary amides is 1. The summed E-state index contributed by atoms with van der Waals surface area (Å²) < 4.78 is 0.973. The second-order valence-electron chi connectivity index (χ2n) is 3.99. The maximum absolute atomic E-state index is 11.6. The Morgan fingerprint density at radius 1 is 1.15 bits per heavy atom. The van der Waals surface area contributed by atoms with Crippen LogP contribution in [0.1, 0.15) is 0 Å². The van der Waals surface area contributed by atoms with Crippen molar-refractivity contribution >= 4 is 11.9 Å². The first-order valence-corrected chi connectivity index (χ1v) is 5.79. The van der Waals surface area contributed by atoms with Gasteiger partial charge in [0.05, 0.1) is 5.69 Å². The Hall–Kier alpha value is -2.96. The third-order valence-electron chi connectivity index (χ3n) is 2.49. The Labute approximate surface area is 114 Å². The zero-order chi connectivity index (χ0) is 14.5. The summed E-state index contributed by atoms with van der Waals surface area (Å²) >= 11 is 0. The van der Waals surface area contributed by atoms with Crippen LogP contribution in [-0.4, -0.2) is 21.7 Å². The predicted molar refractivity (Wildman–Crippen MR) is 71.7 cm³/mol. The quantitative estimate of drug-likeness (QED) is 0.826. The van der Waals surface area contributed by atoms with Crippen LogP contribution in [0.25, 0.3) is 11.3 Å². The van der Waals surface area contributed by atoms with Gasteiger partial charge in [0.15, 0.2) is 0 Å².